The summed E-state index contributed by atoms with van der Waals surface area (Å²) >= 11 is 0. The summed E-state index contributed by atoms with van der Waals surface area (Å²) in [5.41, 5.74) is 0.422. The molecule has 150 valence electrons. The van der Waals surface area contributed by atoms with E-state index in [4.69, 9.17) is 9.47 Å². The maximum Gasteiger partial charge on any atom is 0.297 e. The molecule has 0 amide bonds. The number of nitrogens with zero attached hydrogens (tertiary/aromatic N) is 1. The molecule has 27 heavy (non-hydrogen) atoms. The van der Waals surface area contributed by atoms with Crippen molar-refractivity contribution in [2.75, 3.05) is 13.7 Å². The quantitative estimate of drug-likeness (QED) is 0.514. The first kappa shape index (κ1) is 21.1. The molecule has 0 unspecified atom stereocenters. The first-order valence-electron chi connectivity index (χ1n) is 10.2. The van der Waals surface area contributed by atoms with Gasteiger partial charge in [0.05, 0.1) is 19.2 Å². The molecule has 2 rings (SSSR count). The zero-order valence-electron chi connectivity index (χ0n) is 16.9. The van der Waals surface area contributed by atoms with Gasteiger partial charge in [-0.15, -0.1) is 0 Å². The lowest BCUT2D eigenvalue weighted by Crippen LogP contribution is -2.23. The Kier molecular flexibility index (Phi) is 8.49. The minimum Gasteiger partial charge on any atom is -0.504 e. The van der Waals surface area contributed by atoms with Crippen LogP contribution in [0.3, 0.4) is 0 Å². The van der Waals surface area contributed by atoms with Crippen LogP contribution in [0.25, 0.3) is 10.9 Å². The molecule has 0 atom stereocenters. The van der Waals surface area contributed by atoms with Gasteiger partial charge in [0.1, 0.15) is 5.75 Å². The summed E-state index contributed by atoms with van der Waals surface area (Å²) in [6.45, 7) is 5.30. The van der Waals surface area contributed by atoms with Gasteiger partial charge in [-0.2, -0.15) is 0 Å². The zero-order valence-corrected chi connectivity index (χ0v) is 16.9. The van der Waals surface area contributed by atoms with E-state index in [-0.39, 0.29) is 17.1 Å². The molecule has 0 aliphatic carbocycles. The minimum atomic E-state index is -0.266. The highest BCUT2D eigenvalue weighted by molar-refractivity contribution is 5.88. The summed E-state index contributed by atoms with van der Waals surface area (Å²) in [5, 5.41) is 11.2. The maximum atomic E-state index is 13.0. The van der Waals surface area contributed by atoms with Gasteiger partial charge in [0, 0.05) is 18.0 Å². The standard InChI is InChI=1S/C22H33NO4/c1-4-6-8-9-10-11-14-23-19-16-17(26-3)12-13-18(19)20(24)21(22(23)25)27-15-7-5-2/h12-13,16,24H,4-11,14-15H2,1-3H3. The molecule has 1 heterocycles. The highest BCUT2D eigenvalue weighted by atomic mass is 16.5. The van der Waals surface area contributed by atoms with E-state index in [1.54, 1.807) is 23.8 Å². The van der Waals surface area contributed by atoms with Crippen molar-refractivity contribution in [2.24, 2.45) is 0 Å². The molecular weight excluding hydrogens is 342 g/mol. The number of hydrogen-bond donors (Lipinski definition) is 1. The molecule has 0 fully saturated rings. The second-order valence-corrected chi connectivity index (χ2v) is 6.99. The number of benzene rings is 1. The number of fused-ring (bicyclic) bond motifs is 1. The second kappa shape index (κ2) is 10.9. The summed E-state index contributed by atoms with van der Waals surface area (Å²) in [4.78, 5) is 13.0. The van der Waals surface area contributed by atoms with Gasteiger partial charge in [0.15, 0.2) is 5.75 Å². The first-order valence-corrected chi connectivity index (χ1v) is 10.2. The third-order valence-electron chi connectivity index (χ3n) is 4.88. The van der Waals surface area contributed by atoms with Crippen LogP contribution in [0, 0.1) is 0 Å². The van der Waals surface area contributed by atoms with Gasteiger partial charge in [-0.1, -0.05) is 52.4 Å². The van der Waals surface area contributed by atoms with Crippen molar-refractivity contribution in [2.45, 2.75) is 71.8 Å². The Balaban J connectivity index is 2.33. The molecule has 2 aromatic rings. The molecule has 0 spiro atoms. The molecule has 1 N–H and O–H groups in total. The number of unbranched alkanes of at least 4 members (excludes halogenated alkanes) is 6. The smallest absolute Gasteiger partial charge is 0.297 e. The zero-order chi connectivity index (χ0) is 19.6. The summed E-state index contributed by atoms with van der Waals surface area (Å²) in [6, 6.07) is 5.38. The Hall–Kier alpha value is -2.17. The number of ether oxygens (including phenoxy) is 2. The van der Waals surface area contributed by atoms with Crippen LogP contribution in [0.15, 0.2) is 23.0 Å². The fourth-order valence-corrected chi connectivity index (χ4v) is 3.24. The Morgan fingerprint density at radius 2 is 1.70 bits per heavy atom. The van der Waals surface area contributed by atoms with Crippen LogP contribution in [-0.4, -0.2) is 23.4 Å². The monoisotopic (exact) mass is 375 g/mol. The van der Waals surface area contributed by atoms with Crippen molar-refractivity contribution < 1.29 is 14.6 Å². The van der Waals surface area contributed by atoms with Crippen LogP contribution < -0.4 is 15.0 Å². The van der Waals surface area contributed by atoms with Crippen molar-refractivity contribution in [1.82, 2.24) is 4.57 Å². The van der Waals surface area contributed by atoms with Crippen molar-refractivity contribution in [1.29, 1.82) is 0 Å². The van der Waals surface area contributed by atoms with Gasteiger partial charge in [-0.25, -0.2) is 0 Å². The summed E-state index contributed by atoms with van der Waals surface area (Å²) < 4.78 is 12.7. The third kappa shape index (κ3) is 5.41. The number of pyridine rings is 1. The SMILES string of the molecule is CCCCCCCCn1c(=O)c(OCCCC)c(O)c2ccc(OC)cc21. The van der Waals surface area contributed by atoms with Gasteiger partial charge in [0.2, 0.25) is 5.75 Å². The number of rotatable bonds is 12. The lowest BCUT2D eigenvalue weighted by Gasteiger charge is -2.16. The van der Waals surface area contributed by atoms with Gasteiger partial charge >= 0.3 is 0 Å². The molecule has 0 bridgehead atoms. The van der Waals surface area contributed by atoms with E-state index in [1.165, 1.54) is 25.7 Å². The molecule has 0 saturated heterocycles. The second-order valence-electron chi connectivity index (χ2n) is 6.99. The van der Waals surface area contributed by atoms with Crippen molar-refractivity contribution in [3.8, 4) is 17.2 Å². The third-order valence-corrected chi connectivity index (χ3v) is 4.88. The number of aryl methyl sites for hydroxylation is 1. The van der Waals surface area contributed by atoms with Gasteiger partial charge in [0.25, 0.3) is 5.56 Å². The molecule has 0 radical (unpaired) electrons. The van der Waals surface area contributed by atoms with Crippen LogP contribution in [0.5, 0.6) is 17.2 Å². The Labute approximate surface area is 161 Å². The van der Waals surface area contributed by atoms with Crippen LogP contribution in [0.1, 0.15) is 65.2 Å². The summed E-state index contributed by atoms with van der Waals surface area (Å²) in [5.74, 6) is 0.651. The molecule has 5 heteroatoms. The number of aromatic hydroxyl groups is 1. The normalized spacial score (nSPS) is 11.1. The predicted molar refractivity (Wildman–Crippen MR) is 110 cm³/mol. The molecule has 5 nitrogen and oxygen atoms in total. The Morgan fingerprint density at radius 1 is 1.00 bits per heavy atom. The van der Waals surface area contributed by atoms with E-state index in [1.807, 2.05) is 6.07 Å². The maximum absolute atomic E-state index is 13.0. The van der Waals surface area contributed by atoms with E-state index in [0.29, 0.717) is 29.8 Å². The summed E-state index contributed by atoms with van der Waals surface area (Å²) in [6.07, 6.45) is 8.73. The molecular formula is C22H33NO4. The van der Waals surface area contributed by atoms with E-state index >= 15 is 0 Å². The molecule has 1 aromatic heterocycles. The molecule has 1 aromatic carbocycles. The van der Waals surface area contributed by atoms with Crippen LogP contribution in [0.4, 0.5) is 0 Å². The van der Waals surface area contributed by atoms with E-state index in [0.717, 1.165) is 25.7 Å². The molecule has 0 saturated carbocycles. The van der Waals surface area contributed by atoms with Crippen molar-refractivity contribution in [3.05, 3.63) is 28.6 Å². The topological polar surface area (TPSA) is 60.7 Å². The largest absolute Gasteiger partial charge is 0.504 e. The van der Waals surface area contributed by atoms with Crippen LogP contribution >= 0.6 is 0 Å². The highest BCUT2D eigenvalue weighted by Crippen LogP contribution is 2.33. The summed E-state index contributed by atoms with van der Waals surface area (Å²) in [7, 11) is 1.60. The predicted octanol–water partition coefficient (Wildman–Crippen LogP) is 5.26. The van der Waals surface area contributed by atoms with E-state index in [2.05, 4.69) is 13.8 Å². The van der Waals surface area contributed by atoms with Gasteiger partial charge in [-0.3, -0.25) is 4.79 Å². The van der Waals surface area contributed by atoms with E-state index < -0.39 is 0 Å². The lowest BCUT2D eigenvalue weighted by atomic mass is 10.1. The van der Waals surface area contributed by atoms with Gasteiger partial charge in [-0.05, 0) is 25.0 Å². The number of hydrogen-bond acceptors (Lipinski definition) is 4. The molecule has 0 aliphatic heterocycles. The fourth-order valence-electron chi connectivity index (χ4n) is 3.24. The number of methoxy groups -OCH3 is 1. The number of aromatic nitrogens is 1. The fraction of sp³-hybridized carbons (Fsp3) is 0.591. The lowest BCUT2D eigenvalue weighted by molar-refractivity contribution is 0.287. The van der Waals surface area contributed by atoms with Crippen molar-refractivity contribution in [3.63, 3.8) is 0 Å². The van der Waals surface area contributed by atoms with Crippen molar-refractivity contribution >= 4 is 10.9 Å². The first-order chi connectivity index (χ1) is 13.1. The Morgan fingerprint density at radius 3 is 2.41 bits per heavy atom. The minimum absolute atomic E-state index is 0.0621. The van der Waals surface area contributed by atoms with Crippen LogP contribution in [0.2, 0.25) is 0 Å². The highest BCUT2D eigenvalue weighted by Gasteiger charge is 2.18. The van der Waals surface area contributed by atoms with Crippen LogP contribution in [-0.2, 0) is 6.54 Å². The Bertz CT molecular complexity index is 782. The van der Waals surface area contributed by atoms with Gasteiger partial charge < -0.3 is 19.1 Å². The van der Waals surface area contributed by atoms with E-state index in [9.17, 15) is 9.90 Å². The average Bonchev–Trinajstić information content (AvgIpc) is 2.69. The molecule has 0 aliphatic rings. The average molecular weight is 376 g/mol.